The zero-order valence-electron chi connectivity index (χ0n) is 22.3. The molecule has 0 bridgehead atoms. The zero-order valence-corrected chi connectivity index (χ0v) is 23.1. The fourth-order valence-corrected chi connectivity index (χ4v) is 5.33. The van der Waals surface area contributed by atoms with Crippen molar-refractivity contribution in [1.82, 2.24) is 24.8 Å². The molecule has 2 amide bonds. The van der Waals surface area contributed by atoms with Gasteiger partial charge in [0, 0.05) is 18.7 Å². The van der Waals surface area contributed by atoms with Gasteiger partial charge in [-0.15, -0.1) is 0 Å². The van der Waals surface area contributed by atoms with Gasteiger partial charge in [0.05, 0.1) is 21.7 Å². The Kier molecular flexibility index (Phi) is 8.53. The van der Waals surface area contributed by atoms with E-state index in [4.69, 9.17) is 10.00 Å². The Bertz CT molecular complexity index is 1720. The van der Waals surface area contributed by atoms with Crippen molar-refractivity contribution in [3.8, 4) is 17.6 Å². The largest absolute Gasteiger partial charge is 0.484 e. The van der Waals surface area contributed by atoms with Crippen molar-refractivity contribution in [2.24, 2.45) is 0 Å². The lowest BCUT2D eigenvalue weighted by Crippen LogP contribution is -2.42. The number of ether oxygens (including phenoxy) is 1. The standard InChI is InChI=1S/C29H23F3N6O4S/c30-29(31,32)17-42-21-6-4-5-18(13-21)9-11-20-14-23-25(27(39)35-20)26(28(40)37-43(41)22-7-2-1-3-8-22)38(36-23)24-12-10-19(15-33)16-34-24/h1-8,10,12-13,16,20H,9,11,14,17H2,(H,35,39)(H,37,40). The highest BCUT2D eigenvalue weighted by Crippen LogP contribution is 2.26. The van der Waals surface area contributed by atoms with Gasteiger partial charge in [-0.25, -0.2) is 13.9 Å². The van der Waals surface area contributed by atoms with Gasteiger partial charge in [0.2, 0.25) is 0 Å². The number of carbonyl (C=O) groups is 2. The van der Waals surface area contributed by atoms with E-state index in [-0.39, 0.29) is 34.8 Å². The maximum absolute atomic E-state index is 13.5. The molecule has 220 valence electrons. The Morgan fingerprint density at radius 1 is 1.16 bits per heavy atom. The van der Waals surface area contributed by atoms with Gasteiger partial charge in [-0.1, -0.05) is 30.3 Å². The van der Waals surface area contributed by atoms with Crippen LogP contribution in [0.5, 0.6) is 5.75 Å². The van der Waals surface area contributed by atoms with Crippen LogP contribution in [0.15, 0.2) is 77.8 Å². The Labute approximate surface area is 246 Å². The SMILES string of the molecule is N#Cc1ccc(-n2nc3c(c2C(=O)NS(=O)c2ccccc2)C(=O)NC(CCc2cccc(OCC(F)(F)F)c2)C3)nc1. The van der Waals surface area contributed by atoms with Crippen molar-refractivity contribution in [2.75, 3.05) is 6.61 Å². The maximum Gasteiger partial charge on any atom is 0.422 e. The summed E-state index contributed by atoms with van der Waals surface area (Å²) in [5.74, 6) is -1.12. The van der Waals surface area contributed by atoms with E-state index in [0.29, 0.717) is 23.4 Å². The summed E-state index contributed by atoms with van der Waals surface area (Å²) in [5.41, 5.74) is 1.16. The van der Waals surface area contributed by atoms with Crippen molar-refractivity contribution in [2.45, 2.75) is 36.4 Å². The van der Waals surface area contributed by atoms with Gasteiger partial charge >= 0.3 is 6.18 Å². The normalized spacial score (nSPS) is 15.1. The zero-order chi connectivity index (χ0) is 30.6. The summed E-state index contributed by atoms with van der Waals surface area (Å²) >= 11 is 0. The fourth-order valence-electron chi connectivity index (χ4n) is 4.55. The summed E-state index contributed by atoms with van der Waals surface area (Å²) in [5, 5.41) is 16.5. The smallest absolute Gasteiger partial charge is 0.422 e. The number of nitriles is 1. The number of nitrogens with one attached hydrogen (secondary N) is 2. The van der Waals surface area contributed by atoms with Crippen LogP contribution in [-0.4, -0.2) is 49.6 Å². The number of hydrogen-bond donors (Lipinski definition) is 2. The molecular weight excluding hydrogens is 585 g/mol. The van der Waals surface area contributed by atoms with Crippen LogP contribution >= 0.6 is 0 Å². The second-order valence-electron chi connectivity index (χ2n) is 9.58. The molecule has 0 aliphatic carbocycles. The minimum atomic E-state index is -4.46. The minimum Gasteiger partial charge on any atom is -0.484 e. The summed E-state index contributed by atoms with van der Waals surface area (Å²) in [4.78, 5) is 31.4. The number of hydrogen-bond acceptors (Lipinski definition) is 7. The van der Waals surface area contributed by atoms with Crippen LogP contribution in [0.3, 0.4) is 0 Å². The number of rotatable bonds is 9. The summed E-state index contributed by atoms with van der Waals surface area (Å²) in [6, 6.07) is 19.1. The molecule has 5 rings (SSSR count). The molecule has 0 saturated heterocycles. The quantitative estimate of drug-likeness (QED) is 0.295. The Hall–Kier alpha value is -5.03. The number of carbonyl (C=O) groups excluding carboxylic acids is 2. The van der Waals surface area contributed by atoms with Gasteiger partial charge < -0.3 is 10.1 Å². The van der Waals surface area contributed by atoms with Gasteiger partial charge in [-0.05, 0) is 54.8 Å². The van der Waals surface area contributed by atoms with E-state index in [2.05, 4.69) is 20.1 Å². The lowest BCUT2D eigenvalue weighted by molar-refractivity contribution is -0.153. The predicted molar refractivity (Wildman–Crippen MR) is 148 cm³/mol. The monoisotopic (exact) mass is 608 g/mol. The molecule has 10 nitrogen and oxygen atoms in total. The molecule has 2 aromatic carbocycles. The third kappa shape index (κ3) is 7.07. The molecule has 2 aromatic heterocycles. The first kappa shape index (κ1) is 29.5. The number of benzene rings is 2. The Balaban J connectivity index is 1.39. The van der Waals surface area contributed by atoms with Gasteiger partial charge in [0.1, 0.15) is 17.5 Å². The van der Waals surface area contributed by atoms with Crippen molar-refractivity contribution in [1.29, 1.82) is 5.26 Å². The van der Waals surface area contributed by atoms with Crippen LogP contribution in [0.1, 0.15) is 44.1 Å². The predicted octanol–water partition coefficient (Wildman–Crippen LogP) is 3.82. The van der Waals surface area contributed by atoms with Crippen molar-refractivity contribution < 1.29 is 31.7 Å². The molecule has 43 heavy (non-hydrogen) atoms. The number of halogens is 3. The number of aromatic nitrogens is 3. The van der Waals surface area contributed by atoms with Crippen LogP contribution in [-0.2, 0) is 23.8 Å². The van der Waals surface area contributed by atoms with E-state index >= 15 is 0 Å². The second-order valence-corrected chi connectivity index (χ2v) is 10.8. The molecule has 4 aromatic rings. The molecule has 0 saturated carbocycles. The average Bonchev–Trinajstić information content (AvgIpc) is 3.40. The Morgan fingerprint density at radius 3 is 2.65 bits per heavy atom. The van der Waals surface area contributed by atoms with Crippen LogP contribution in [0, 0.1) is 11.3 Å². The highest BCUT2D eigenvalue weighted by atomic mass is 32.2. The third-order valence-electron chi connectivity index (χ3n) is 6.49. The average molecular weight is 609 g/mol. The second kappa shape index (κ2) is 12.5. The number of alkyl halides is 3. The minimum absolute atomic E-state index is 0.00696. The highest BCUT2D eigenvalue weighted by molar-refractivity contribution is 7.83. The first-order chi connectivity index (χ1) is 20.6. The van der Waals surface area contributed by atoms with Gasteiger partial charge in [0.25, 0.3) is 11.8 Å². The van der Waals surface area contributed by atoms with Crippen molar-refractivity contribution in [3.05, 3.63) is 101 Å². The number of aryl methyl sites for hydroxylation is 1. The summed E-state index contributed by atoms with van der Waals surface area (Å²) in [7, 11) is -1.93. The van der Waals surface area contributed by atoms with Crippen LogP contribution in [0.25, 0.3) is 5.82 Å². The molecule has 2 atom stereocenters. The van der Waals surface area contributed by atoms with Gasteiger partial charge in [0.15, 0.2) is 23.4 Å². The molecule has 1 aliphatic rings. The summed E-state index contributed by atoms with van der Waals surface area (Å²) in [6.07, 6.45) is -2.06. The highest BCUT2D eigenvalue weighted by Gasteiger charge is 2.35. The fraction of sp³-hybridized carbons (Fsp3) is 0.207. The topological polar surface area (TPSA) is 139 Å². The molecule has 0 radical (unpaired) electrons. The molecule has 1 aliphatic heterocycles. The van der Waals surface area contributed by atoms with E-state index in [9.17, 15) is 27.0 Å². The molecule has 3 heterocycles. The molecule has 14 heteroatoms. The lowest BCUT2D eigenvalue weighted by atomic mass is 9.95. The molecular formula is C29H23F3N6O4S. The molecule has 2 unspecified atom stereocenters. The van der Waals surface area contributed by atoms with E-state index in [1.54, 1.807) is 42.5 Å². The van der Waals surface area contributed by atoms with E-state index in [1.165, 1.54) is 35.1 Å². The van der Waals surface area contributed by atoms with E-state index in [1.807, 2.05) is 6.07 Å². The van der Waals surface area contributed by atoms with Crippen LogP contribution in [0.2, 0.25) is 0 Å². The van der Waals surface area contributed by atoms with Crippen molar-refractivity contribution in [3.63, 3.8) is 0 Å². The number of amides is 2. The first-order valence-corrected chi connectivity index (χ1v) is 14.1. The number of fused-ring (bicyclic) bond motifs is 1. The molecule has 0 spiro atoms. The van der Waals surface area contributed by atoms with Crippen LogP contribution in [0.4, 0.5) is 13.2 Å². The van der Waals surface area contributed by atoms with Crippen molar-refractivity contribution >= 4 is 22.8 Å². The van der Waals surface area contributed by atoms with Gasteiger partial charge in [-0.2, -0.15) is 23.5 Å². The Morgan fingerprint density at radius 2 is 1.95 bits per heavy atom. The van der Waals surface area contributed by atoms with E-state index < -0.39 is 41.6 Å². The third-order valence-corrected chi connectivity index (χ3v) is 7.57. The lowest BCUT2D eigenvalue weighted by Gasteiger charge is -2.23. The van der Waals surface area contributed by atoms with E-state index in [0.717, 1.165) is 5.56 Å². The maximum atomic E-state index is 13.5. The van der Waals surface area contributed by atoms with Gasteiger partial charge in [-0.3, -0.25) is 14.3 Å². The number of pyridine rings is 1. The molecule has 2 N–H and O–H groups in total. The number of nitrogens with zero attached hydrogens (tertiary/aromatic N) is 4. The summed E-state index contributed by atoms with van der Waals surface area (Å²) < 4.78 is 58.8. The first-order valence-electron chi connectivity index (χ1n) is 13.0. The summed E-state index contributed by atoms with van der Waals surface area (Å²) in [6.45, 7) is -1.40. The molecule has 0 fully saturated rings. The van der Waals surface area contributed by atoms with Crippen LogP contribution < -0.4 is 14.8 Å².